The molecule has 1 unspecified atom stereocenters. The van der Waals surface area contributed by atoms with E-state index in [0.29, 0.717) is 13.1 Å². The predicted molar refractivity (Wildman–Crippen MR) is 75.8 cm³/mol. The minimum absolute atomic E-state index is 0.117. The summed E-state index contributed by atoms with van der Waals surface area (Å²) in [6.45, 7) is 3.60. The quantitative estimate of drug-likeness (QED) is 0.826. The number of benzene rings is 1. The largest absolute Gasteiger partial charge is 0.395 e. The van der Waals surface area contributed by atoms with Crippen LogP contribution in [0.5, 0.6) is 0 Å². The van der Waals surface area contributed by atoms with Crippen molar-refractivity contribution in [2.24, 2.45) is 7.05 Å². The Balaban J connectivity index is 1.96. The van der Waals surface area contributed by atoms with E-state index in [0.717, 1.165) is 11.3 Å². The number of nitrogens with one attached hydrogen (secondary N) is 1. The summed E-state index contributed by atoms with van der Waals surface area (Å²) in [5.41, 5.74) is 1.89. The zero-order valence-corrected chi connectivity index (χ0v) is 11.5. The third kappa shape index (κ3) is 3.43. The van der Waals surface area contributed by atoms with Gasteiger partial charge in [-0.05, 0) is 5.56 Å². The van der Waals surface area contributed by atoms with Crippen LogP contribution in [0.1, 0.15) is 18.2 Å². The van der Waals surface area contributed by atoms with Gasteiger partial charge in [0.05, 0.1) is 18.6 Å². The molecule has 0 aliphatic carbocycles. The first-order valence-electron chi connectivity index (χ1n) is 6.48. The first-order valence-corrected chi connectivity index (χ1v) is 6.48. The first-order chi connectivity index (χ1) is 9.14. The van der Waals surface area contributed by atoms with E-state index in [9.17, 15) is 5.11 Å². The molecule has 0 aliphatic heterocycles. The van der Waals surface area contributed by atoms with Crippen LogP contribution in [0.3, 0.4) is 0 Å². The maximum absolute atomic E-state index is 9.68. The lowest BCUT2D eigenvalue weighted by Crippen LogP contribution is -2.38. The summed E-state index contributed by atoms with van der Waals surface area (Å²) in [6, 6.07) is 10.1. The maximum atomic E-state index is 9.68. The number of rotatable bonds is 6. The lowest BCUT2D eigenvalue weighted by Gasteiger charge is -2.28. The number of aryl methyl sites for hydroxylation is 1. The summed E-state index contributed by atoms with van der Waals surface area (Å²) in [5, 5.41) is 13.0. The molecule has 0 fully saturated rings. The molecule has 1 aromatic heterocycles. The Morgan fingerprint density at radius 3 is 2.63 bits per heavy atom. The Morgan fingerprint density at radius 2 is 2.05 bits per heavy atom. The van der Waals surface area contributed by atoms with Crippen LogP contribution >= 0.6 is 0 Å². The summed E-state index contributed by atoms with van der Waals surface area (Å²) < 4.78 is 1.93. The summed E-state index contributed by atoms with van der Waals surface area (Å²) in [7, 11) is 1.96. The van der Waals surface area contributed by atoms with Gasteiger partial charge in [0.2, 0.25) is 0 Å². The van der Waals surface area contributed by atoms with E-state index < -0.39 is 0 Å². The molecule has 0 aliphatic rings. The van der Waals surface area contributed by atoms with Crippen molar-refractivity contribution >= 4 is 0 Å². The van der Waals surface area contributed by atoms with Gasteiger partial charge in [0.1, 0.15) is 0 Å². The van der Waals surface area contributed by atoms with E-state index >= 15 is 0 Å². The average Bonchev–Trinajstić information content (AvgIpc) is 2.85. The second-order valence-electron chi connectivity index (χ2n) is 5.22. The normalized spacial score (nSPS) is 14.3. The molecule has 0 amide bonds. The van der Waals surface area contributed by atoms with Gasteiger partial charge in [-0.15, -0.1) is 0 Å². The molecule has 4 nitrogen and oxygen atoms in total. The van der Waals surface area contributed by atoms with Crippen molar-refractivity contribution in [1.82, 2.24) is 14.9 Å². The fourth-order valence-electron chi connectivity index (χ4n) is 2.11. The summed E-state index contributed by atoms with van der Waals surface area (Å²) in [5.74, 6) is 0. The van der Waals surface area contributed by atoms with Gasteiger partial charge in [0, 0.05) is 31.7 Å². The highest BCUT2D eigenvalue weighted by Crippen LogP contribution is 2.22. The molecule has 102 valence electrons. The summed E-state index contributed by atoms with van der Waals surface area (Å²) >= 11 is 0. The highest BCUT2D eigenvalue weighted by atomic mass is 16.3. The Bertz CT molecular complexity index is 509. The molecule has 1 aromatic carbocycles. The molecule has 1 atom stereocenters. The van der Waals surface area contributed by atoms with Gasteiger partial charge in [0.25, 0.3) is 0 Å². The van der Waals surface area contributed by atoms with Crippen LogP contribution in [-0.4, -0.2) is 27.8 Å². The fourth-order valence-corrected chi connectivity index (χ4v) is 2.11. The van der Waals surface area contributed by atoms with Crippen LogP contribution in [0.2, 0.25) is 0 Å². The van der Waals surface area contributed by atoms with E-state index in [2.05, 4.69) is 29.4 Å². The smallest absolute Gasteiger partial charge is 0.0947 e. The second kappa shape index (κ2) is 5.99. The van der Waals surface area contributed by atoms with Gasteiger partial charge in [-0.1, -0.05) is 37.3 Å². The van der Waals surface area contributed by atoms with Crippen molar-refractivity contribution in [3.8, 4) is 0 Å². The topological polar surface area (TPSA) is 50.1 Å². The third-order valence-corrected chi connectivity index (χ3v) is 3.40. The molecule has 0 saturated carbocycles. The lowest BCUT2D eigenvalue weighted by atomic mass is 9.83. The number of aliphatic hydroxyl groups excluding tert-OH is 1. The molecule has 2 aromatic rings. The Kier molecular flexibility index (Phi) is 4.35. The van der Waals surface area contributed by atoms with Crippen molar-refractivity contribution < 1.29 is 5.11 Å². The number of imidazole rings is 1. The van der Waals surface area contributed by atoms with Gasteiger partial charge in [-0.3, -0.25) is 0 Å². The van der Waals surface area contributed by atoms with E-state index in [-0.39, 0.29) is 12.0 Å². The molecular weight excluding hydrogens is 238 g/mol. The average molecular weight is 259 g/mol. The Labute approximate surface area is 114 Å². The first kappa shape index (κ1) is 13.8. The molecule has 4 heteroatoms. The molecule has 0 saturated heterocycles. The zero-order valence-electron chi connectivity index (χ0n) is 11.5. The van der Waals surface area contributed by atoms with Crippen LogP contribution < -0.4 is 5.32 Å². The lowest BCUT2D eigenvalue weighted by molar-refractivity contribution is 0.201. The van der Waals surface area contributed by atoms with E-state index in [4.69, 9.17) is 0 Å². The highest BCUT2D eigenvalue weighted by molar-refractivity contribution is 5.25. The Morgan fingerprint density at radius 1 is 1.32 bits per heavy atom. The zero-order chi connectivity index (χ0) is 13.7. The molecule has 0 bridgehead atoms. The van der Waals surface area contributed by atoms with Crippen LogP contribution in [0.25, 0.3) is 0 Å². The number of aromatic nitrogens is 2. The predicted octanol–water partition coefficient (Wildman–Crippen LogP) is 1.46. The fraction of sp³-hybridized carbons (Fsp3) is 0.400. The molecular formula is C15H21N3O. The van der Waals surface area contributed by atoms with Crippen LogP contribution in [0, 0.1) is 0 Å². The van der Waals surface area contributed by atoms with E-state index in [1.165, 1.54) is 0 Å². The Hall–Kier alpha value is -1.65. The number of hydrogen-bond donors (Lipinski definition) is 2. The van der Waals surface area contributed by atoms with Gasteiger partial charge in [-0.2, -0.15) is 0 Å². The van der Waals surface area contributed by atoms with Gasteiger partial charge >= 0.3 is 0 Å². The number of aliphatic hydroxyl groups is 1. The van der Waals surface area contributed by atoms with Gasteiger partial charge in [0.15, 0.2) is 0 Å². The number of nitrogens with zero attached hydrogens (tertiary/aromatic N) is 2. The maximum Gasteiger partial charge on any atom is 0.0947 e. The SMILES string of the molecule is Cn1cnc(CNCC(C)(CO)c2ccccc2)c1. The molecule has 0 spiro atoms. The van der Waals surface area contributed by atoms with E-state index in [1.807, 2.05) is 36.0 Å². The van der Waals surface area contributed by atoms with Crippen molar-refractivity contribution in [3.05, 3.63) is 54.1 Å². The molecule has 1 heterocycles. The highest BCUT2D eigenvalue weighted by Gasteiger charge is 2.25. The van der Waals surface area contributed by atoms with Crippen LogP contribution in [0.15, 0.2) is 42.9 Å². The molecule has 2 N–H and O–H groups in total. The van der Waals surface area contributed by atoms with Crippen molar-refractivity contribution in [2.75, 3.05) is 13.2 Å². The van der Waals surface area contributed by atoms with Crippen molar-refractivity contribution in [3.63, 3.8) is 0 Å². The minimum Gasteiger partial charge on any atom is -0.395 e. The second-order valence-corrected chi connectivity index (χ2v) is 5.22. The van der Waals surface area contributed by atoms with Crippen LogP contribution in [-0.2, 0) is 19.0 Å². The van der Waals surface area contributed by atoms with Gasteiger partial charge in [-0.25, -0.2) is 4.98 Å². The number of hydrogen-bond acceptors (Lipinski definition) is 3. The monoisotopic (exact) mass is 259 g/mol. The van der Waals surface area contributed by atoms with Crippen molar-refractivity contribution in [1.29, 1.82) is 0 Å². The standard InChI is InChI=1S/C15H21N3O/c1-15(11-19,13-6-4-3-5-7-13)10-16-8-14-9-18(2)12-17-14/h3-7,9,12,16,19H,8,10-11H2,1-2H3. The molecule has 2 rings (SSSR count). The minimum atomic E-state index is -0.268. The van der Waals surface area contributed by atoms with Gasteiger partial charge < -0.3 is 15.0 Å². The molecule has 0 radical (unpaired) electrons. The van der Waals surface area contributed by atoms with Crippen molar-refractivity contribution in [2.45, 2.75) is 18.9 Å². The molecule has 19 heavy (non-hydrogen) atoms. The third-order valence-electron chi connectivity index (χ3n) is 3.40. The summed E-state index contributed by atoms with van der Waals surface area (Å²) in [6.07, 6.45) is 3.78. The summed E-state index contributed by atoms with van der Waals surface area (Å²) in [4.78, 5) is 4.27. The van der Waals surface area contributed by atoms with E-state index in [1.54, 1.807) is 6.33 Å². The van der Waals surface area contributed by atoms with Crippen LogP contribution in [0.4, 0.5) is 0 Å².